The summed E-state index contributed by atoms with van der Waals surface area (Å²) in [5.74, 6) is 0. The third-order valence-electron chi connectivity index (χ3n) is 4.06. The molecule has 0 saturated carbocycles. The third-order valence-corrected chi connectivity index (χ3v) is 4.06. The monoisotopic (exact) mass is 290 g/mol. The first-order chi connectivity index (χ1) is 10.1. The van der Waals surface area contributed by atoms with Crippen LogP contribution in [0, 0.1) is 13.8 Å². The molecule has 1 aromatic rings. The summed E-state index contributed by atoms with van der Waals surface area (Å²) in [4.78, 5) is 14.5. The number of rotatable bonds is 4. The first-order valence-corrected chi connectivity index (χ1v) is 7.86. The third kappa shape index (κ3) is 4.46. The van der Waals surface area contributed by atoms with Crippen LogP contribution >= 0.6 is 0 Å². The van der Waals surface area contributed by atoms with Crippen LogP contribution in [-0.2, 0) is 4.74 Å². The Balaban J connectivity index is 1.83. The van der Waals surface area contributed by atoms with Crippen molar-refractivity contribution in [3.05, 3.63) is 29.3 Å². The summed E-state index contributed by atoms with van der Waals surface area (Å²) in [7, 11) is 0. The van der Waals surface area contributed by atoms with Crippen LogP contribution in [0.2, 0.25) is 0 Å². The molecule has 1 saturated heterocycles. The molecule has 1 fully saturated rings. The molecule has 0 spiro atoms. The van der Waals surface area contributed by atoms with Crippen molar-refractivity contribution < 1.29 is 9.53 Å². The van der Waals surface area contributed by atoms with Gasteiger partial charge >= 0.3 is 6.09 Å². The van der Waals surface area contributed by atoms with E-state index in [1.165, 1.54) is 6.42 Å². The molecule has 1 aromatic carbocycles. The van der Waals surface area contributed by atoms with Gasteiger partial charge in [0.05, 0.1) is 0 Å². The van der Waals surface area contributed by atoms with Gasteiger partial charge < -0.3 is 9.64 Å². The van der Waals surface area contributed by atoms with Gasteiger partial charge in [0.2, 0.25) is 0 Å². The lowest BCUT2D eigenvalue weighted by molar-refractivity contribution is 0.0590. The molecule has 1 N–H and O–H groups in total. The summed E-state index contributed by atoms with van der Waals surface area (Å²) in [6.07, 6.45) is 2.75. The van der Waals surface area contributed by atoms with E-state index in [0.717, 1.165) is 49.3 Å². The van der Waals surface area contributed by atoms with Crippen molar-refractivity contribution in [1.29, 1.82) is 0 Å². The van der Waals surface area contributed by atoms with E-state index in [-0.39, 0.29) is 12.2 Å². The van der Waals surface area contributed by atoms with Gasteiger partial charge in [-0.15, -0.1) is 0 Å². The van der Waals surface area contributed by atoms with Gasteiger partial charge in [-0.3, -0.25) is 5.32 Å². The van der Waals surface area contributed by atoms with Crippen molar-refractivity contribution >= 4 is 11.8 Å². The summed E-state index contributed by atoms with van der Waals surface area (Å²) >= 11 is 0. The maximum Gasteiger partial charge on any atom is 0.411 e. The topological polar surface area (TPSA) is 41.6 Å². The fraction of sp³-hybridized carbons (Fsp3) is 0.588. The minimum atomic E-state index is -0.332. The van der Waals surface area contributed by atoms with Crippen molar-refractivity contribution in [3.63, 3.8) is 0 Å². The number of nitrogens with one attached hydrogen (secondary N) is 1. The average molecular weight is 290 g/mol. The van der Waals surface area contributed by atoms with Gasteiger partial charge in [0.1, 0.15) is 6.10 Å². The van der Waals surface area contributed by atoms with Crippen LogP contribution in [0.5, 0.6) is 0 Å². The SMILES string of the molecule is CCCN1CCC(OC(=O)Nc2c(C)cccc2C)CC1. The Hall–Kier alpha value is -1.55. The second-order valence-electron chi connectivity index (χ2n) is 5.84. The number of carbonyl (C=O) groups is 1. The lowest BCUT2D eigenvalue weighted by Crippen LogP contribution is -2.38. The highest BCUT2D eigenvalue weighted by Gasteiger charge is 2.22. The number of hydrogen-bond donors (Lipinski definition) is 1. The molecule has 0 aromatic heterocycles. The number of benzene rings is 1. The van der Waals surface area contributed by atoms with E-state index in [4.69, 9.17) is 4.74 Å². The Morgan fingerprint density at radius 3 is 2.48 bits per heavy atom. The lowest BCUT2D eigenvalue weighted by Gasteiger charge is -2.31. The normalized spacial score (nSPS) is 16.7. The number of piperidine rings is 1. The fourth-order valence-electron chi connectivity index (χ4n) is 2.86. The molecule has 1 heterocycles. The molecule has 1 amide bonds. The molecule has 21 heavy (non-hydrogen) atoms. The molecule has 4 heteroatoms. The molecule has 0 aliphatic carbocycles. The van der Waals surface area contributed by atoms with Crippen molar-refractivity contribution in [3.8, 4) is 0 Å². The molecule has 0 radical (unpaired) electrons. The van der Waals surface area contributed by atoms with Gasteiger partial charge in [0, 0.05) is 18.8 Å². The highest BCUT2D eigenvalue weighted by molar-refractivity contribution is 5.86. The predicted octanol–water partition coefficient (Wildman–Crippen LogP) is 3.73. The first-order valence-electron chi connectivity index (χ1n) is 7.86. The second kappa shape index (κ2) is 7.46. The minimum Gasteiger partial charge on any atom is -0.446 e. The van der Waals surface area contributed by atoms with E-state index in [9.17, 15) is 4.79 Å². The molecule has 1 aliphatic rings. The molecule has 2 rings (SSSR count). The Kier molecular flexibility index (Phi) is 5.62. The van der Waals surface area contributed by atoms with Crippen LogP contribution < -0.4 is 5.32 Å². The predicted molar refractivity (Wildman–Crippen MR) is 85.8 cm³/mol. The van der Waals surface area contributed by atoms with Gasteiger partial charge in [0.15, 0.2) is 0 Å². The Morgan fingerprint density at radius 1 is 1.29 bits per heavy atom. The van der Waals surface area contributed by atoms with Gasteiger partial charge in [-0.25, -0.2) is 4.79 Å². The number of aryl methyl sites for hydroxylation is 2. The lowest BCUT2D eigenvalue weighted by atomic mass is 10.1. The molecular weight excluding hydrogens is 264 g/mol. The highest BCUT2D eigenvalue weighted by Crippen LogP contribution is 2.21. The average Bonchev–Trinajstić information content (AvgIpc) is 2.45. The van der Waals surface area contributed by atoms with E-state index >= 15 is 0 Å². The smallest absolute Gasteiger partial charge is 0.411 e. The van der Waals surface area contributed by atoms with Crippen LogP contribution in [0.4, 0.5) is 10.5 Å². The number of anilines is 1. The maximum absolute atomic E-state index is 12.0. The standard InChI is InChI=1S/C17H26N2O2/c1-4-10-19-11-8-15(9-12-19)21-17(20)18-16-13(2)6-5-7-14(16)3/h5-7,15H,4,8-12H2,1-3H3,(H,18,20). The zero-order valence-electron chi connectivity index (χ0n) is 13.3. The van der Waals surface area contributed by atoms with E-state index < -0.39 is 0 Å². The molecular formula is C17H26N2O2. The zero-order chi connectivity index (χ0) is 15.2. The quantitative estimate of drug-likeness (QED) is 0.918. The van der Waals surface area contributed by atoms with Crippen LogP contribution in [0.15, 0.2) is 18.2 Å². The van der Waals surface area contributed by atoms with E-state index in [1.54, 1.807) is 0 Å². The summed E-state index contributed by atoms with van der Waals surface area (Å²) in [5, 5.41) is 2.89. The summed E-state index contributed by atoms with van der Waals surface area (Å²) in [5.41, 5.74) is 2.99. The zero-order valence-corrected chi connectivity index (χ0v) is 13.3. The highest BCUT2D eigenvalue weighted by atomic mass is 16.6. The second-order valence-corrected chi connectivity index (χ2v) is 5.84. The van der Waals surface area contributed by atoms with Crippen molar-refractivity contribution in [1.82, 2.24) is 4.90 Å². The van der Waals surface area contributed by atoms with E-state index in [0.29, 0.717) is 0 Å². The van der Waals surface area contributed by atoms with Gasteiger partial charge in [0.25, 0.3) is 0 Å². The van der Waals surface area contributed by atoms with E-state index in [2.05, 4.69) is 17.1 Å². The van der Waals surface area contributed by atoms with Crippen molar-refractivity contribution in [2.45, 2.75) is 46.1 Å². The summed E-state index contributed by atoms with van der Waals surface area (Å²) in [6.45, 7) is 9.37. The Labute approximate surface area is 127 Å². The molecule has 116 valence electrons. The molecule has 0 unspecified atom stereocenters. The summed E-state index contributed by atoms with van der Waals surface area (Å²) < 4.78 is 5.56. The summed E-state index contributed by atoms with van der Waals surface area (Å²) in [6, 6.07) is 5.97. The number of hydrogen-bond acceptors (Lipinski definition) is 3. The van der Waals surface area contributed by atoms with Crippen LogP contribution in [0.25, 0.3) is 0 Å². The van der Waals surface area contributed by atoms with Crippen molar-refractivity contribution in [2.24, 2.45) is 0 Å². The molecule has 0 atom stereocenters. The fourth-order valence-corrected chi connectivity index (χ4v) is 2.86. The van der Waals surface area contributed by atoms with Crippen molar-refractivity contribution in [2.75, 3.05) is 25.0 Å². The Bertz CT molecular complexity index is 459. The van der Waals surface area contributed by atoms with Gasteiger partial charge in [-0.2, -0.15) is 0 Å². The number of nitrogens with zero attached hydrogens (tertiary/aromatic N) is 1. The number of carbonyl (C=O) groups excluding carboxylic acids is 1. The number of likely N-dealkylation sites (tertiary alicyclic amines) is 1. The van der Waals surface area contributed by atoms with E-state index in [1.807, 2.05) is 32.0 Å². The number of ether oxygens (including phenoxy) is 1. The van der Waals surface area contributed by atoms with Crippen LogP contribution in [0.1, 0.15) is 37.3 Å². The molecule has 0 bridgehead atoms. The first kappa shape index (κ1) is 15.8. The molecule has 1 aliphatic heterocycles. The van der Waals surface area contributed by atoms with Gasteiger partial charge in [-0.05, 0) is 50.8 Å². The molecule has 4 nitrogen and oxygen atoms in total. The minimum absolute atomic E-state index is 0.0439. The van der Waals surface area contributed by atoms with Crippen LogP contribution in [-0.4, -0.2) is 36.7 Å². The Morgan fingerprint density at radius 2 is 1.90 bits per heavy atom. The number of para-hydroxylation sites is 1. The largest absolute Gasteiger partial charge is 0.446 e. The number of amides is 1. The maximum atomic E-state index is 12.0. The van der Waals surface area contributed by atoms with Gasteiger partial charge in [-0.1, -0.05) is 25.1 Å². The van der Waals surface area contributed by atoms with Crippen LogP contribution in [0.3, 0.4) is 0 Å².